The second kappa shape index (κ2) is 7.33. The van der Waals surface area contributed by atoms with Crippen molar-refractivity contribution in [2.24, 2.45) is 0 Å². The molecule has 0 aliphatic carbocycles. The maximum Gasteiger partial charge on any atom is 0.305 e. The normalized spacial score (nSPS) is 10.4. The van der Waals surface area contributed by atoms with E-state index in [1.54, 1.807) is 48.5 Å². The Kier molecular flexibility index (Phi) is 4.77. The van der Waals surface area contributed by atoms with Gasteiger partial charge in [-0.3, -0.25) is 4.79 Å². The van der Waals surface area contributed by atoms with E-state index in [4.69, 9.17) is 15.2 Å². The van der Waals surface area contributed by atoms with E-state index in [-0.39, 0.29) is 5.78 Å². The fourth-order valence-electron chi connectivity index (χ4n) is 2.22. The molecule has 120 valence electrons. The smallest absolute Gasteiger partial charge is 0.305 e. The largest absolute Gasteiger partial charge is 0.448 e. The van der Waals surface area contributed by atoms with E-state index in [1.807, 2.05) is 36.4 Å². The summed E-state index contributed by atoms with van der Waals surface area (Å²) in [6.45, 7) is 0. The number of nitrogens with two attached hydrogens (primary N) is 1. The summed E-state index contributed by atoms with van der Waals surface area (Å²) < 4.78 is 11.5. The van der Waals surface area contributed by atoms with Gasteiger partial charge in [0.25, 0.3) is 0 Å². The summed E-state index contributed by atoms with van der Waals surface area (Å²) >= 11 is 0. The molecule has 4 heteroatoms. The first-order chi connectivity index (χ1) is 11.7. The SMILES string of the molecule is Nc1ccccc1C(=O)C(Oc1ccccc1)Oc1ccccc1. The molecule has 0 saturated heterocycles. The molecule has 3 aromatic carbocycles. The molecule has 0 amide bonds. The number of hydrogen-bond donors (Lipinski definition) is 1. The maximum atomic E-state index is 12.8. The molecule has 4 nitrogen and oxygen atoms in total. The predicted octanol–water partition coefficient (Wildman–Crippen LogP) is 3.94. The Morgan fingerprint density at radius 3 is 1.67 bits per heavy atom. The number of para-hydroxylation sites is 3. The number of ether oxygens (including phenoxy) is 2. The molecule has 0 fully saturated rings. The highest BCUT2D eigenvalue weighted by Crippen LogP contribution is 2.20. The molecule has 0 aliphatic heterocycles. The molecule has 0 atom stereocenters. The number of ketones is 1. The Hall–Kier alpha value is -3.27. The van der Waals surface area contributed by atoms with Gasteiger partial charge in [0.15, 0.2) is 0 Å². The van der Waals surface area contributed by atoms with E-state index in [0.717, 1.165) is 0 Å². The Balaban J connectivity index is 1.89. The van der Waals surface area contributed by atoms with Crippen molar-refractivity contribution in [3.63, 3.8) is 0 Å². The lowest BCUT2D eigenvalue weighted by molar-refractivity contribution is 0.0125. The van der Waals surface area contributed by atoms with Crippen LogP contribution in [0.5, 0.6) is 11.5 Å². The molecule has 0 aromatic heterocycles. The van der Waals surface area contributed by atoms with Crippen molar-refractivity contribution in [1.82, 2.24) is 0 Å². The zero-order valence-corrected chi connectivity index (χ0v) is 13.0. The minimum absolute atomic E-state index is 0.333. The number of Topliss-reactive ketones (excluding diaryl/α,β-unsaturated/α-hetero) is 1. The van der Waals surface area contributed by atoms with Gasteiger partial charge in [-0.15, -0.1) is 0 Å². The zero-order valence-electron chi connectivity index (χ0n) is 13.0. The molecule has 0 bridgehead atoms. The van der Waals surface area contributed by atoms with Gasteiger partial charge in [0.05, 0.1) is 0 Å². The second-order valence-corrected chi connectivity index (χ2v) is 5.15. The second-order valence-electron chi connectivity index (χ2n) is 5.15. The maximum absolute atomic E-state index is 12.8. The van der Waals surface area contributed by atoms with Crippen molar-refractivity contribution in [2.75, 3.05) is 5.73 Å². The van der Waals surface area contributed by atoms with Crippen molar-refractivity contribution in [2.45, 2.75) is 6.29 Å². The molecule has 0 saturated carbocycles. The van der Waals surface area contributed by atoms with Crippen LogP contribution < -0.4 is 15.2 Å². The third-order valence-electron chi connectivity index (χ3n) is 3.41. The number of anilines is 1. The Morgan fingerprint density at radius 1 is 0.708 bits per heavy atom. The molecule has 0 aliphatic rings. The van der Waals surface area contributed by atoms with Gasteiger partial charge in [-0.1, -0.05) is 48.5 Å². The number of carbonyl (C=O) groups is 1. The number of hydrogen-bond acceptors (Lipinski definition) is 4. The molecule has 3 aromatic rings. The van der Waals surface area contributed by atoms with Crippen molar-refractivity contribution in [3.8, 4) is 11.5 Å². The lowest BCUT2D eigenvalue weighted by Gasteiger charge is -2.20. The van der Waals surface area contributed by atoms with Crippen molar-refractivity contribution >= 4 is 11.5 Å². The van der Waals surface area contributed by atoms with E-state index < -0.39 is 6.29 Å². The average Bonchev–Trinajstić information content (AvgIpc) is 2.63. The van der Waals surface area contributed by atoms with Gasteiger partial charge in [-0.2, -0.15) is 0 Å². The summed E-state index contributed by atoms with van der Waals surface area (Å²) in [4.78, 5) is 12.8. The standard InChI is InChI=1S/C20H17NO3/c21-18-14-8-7-13-17(18)19(22)20(23-15-9-3-1-4-10-15)24-16-11-5-2-6-12-16/h1-14,20H,21H2. The van der Waals surface area contributed by atoms with Crippen LogP contribution in [0.2, 0.25) is 0 Å². The quantitative estimate of drug-likeness (QED) is 0.425. The highest BCUT2D eigenvalue weighted by atomic mass is 16.7. The van der Waals surface area contributed by atoms with Crippen LogP contribution >= 0.6 is 0 Å². The van der Waals surface area contributed by atoms with Crippen molar-refractivity contribution in [1.29, 1.82) is 0 Å². The molecule has 0 unspecified atom stereocenters. The van der Waals surface area contributed by atoms with Crippen LogP contribution in [0.25, 0.3) is 0 Å². The van der Waals surface area contributed by atoms with E-state index >= 15 is 0 Å². The van der Waals surface area contributed by atoms with Crippen LogP contribution in [-0.4, -0.2) is 12.1 Å². The zero-order chi connectivity index (χ0) is 16.8. The fourth-order valence-corrected chi connectivity index (χ4v) is 2.22. The monoisotopic (exact) mass is 319 g/mol. The lowest BCUT2D eigenvalue weighted by atomic mass is 10.1. The highest BCUT2D eigenvalue weighted by molar-refractivity contribution is 6.03. The van der Waals surface area contributed by atoms with Crippen molar-refractivity contribution < 1.29 is 14.3 Å². The first kappa shape index (κ1) is 15.6. The molecule has 3 rings (SSSR count). The molecular weight excluding hydrogens is 302 g/mol. The number of carbonyl (C=O) groups excluding carboxylic acids is 1. The van der Waals surface area contributed by atoms with Gasteiger partial charge < -0.3 is 15.2 Å². The molecule has 24 heavy (non-hydrogen) atoms. The first-order valence-electron chi connectivity index (χ1n) is 7.56. The summed E-state index contributed by atoms with van der Waals surface area (Å²) in [5.41, 5.74) is 6.67. The van der Waals surface area contributed by atoms with E-state index in [0.29, 0.717) is 22.7 Å². The number of nitrogen functional groups attached to an aromatic ring is 1. The predicted molar refractivity (Wildman–Crippen MR) is 93.1 cm³/mol. The third kappa shape index (κ3) is 3.73. The minimum Gasteiger partial charge on any atom is -0.448 e. The first-order valence-corrected chi connectivity index (χ1v) is 7.56. The van der Waals surface area contributed by atoms with Gasteiger partial charge in [-0.25, -0.2) is 0 Å². The summed E-state index contributed by atoms with van der Waals surface area (Å²) in [7, 11) is 0. The van der Waals surface area contributed by atoms with Gasteiger partial charge >= 0.3 is 6.29 Å². The van der Waals surface area contributed by atoms with E-state index in [9.17, 15) is 4.79 Å². The van der Waals surface area contributed by atoms with Gasteiger partial charge in [0.2, 0.25) is 5.78 Å². The van der Waals surface area contributed by atoms with Crippen LogP contribution in [0.3, 0.4) is 0 Å². The minimum atomic E-state index is -1.13. The topological polar surface area (TPSA) is 61.6 Å². The molecule has 0 spiro atoms. The summed E-state index contributed by atoms with van der Waals surface area (Å²) in [5, 5.41) is 0. The highest BCUT2D eigenvalue weighted by Gasteiger charge is 2.25. The summed E-state index contributed by atoms with van der Waals surface area (Å²) in [6.07, 6.45) is -1.13. The molecule has 2 N–H and O–H groups in total. The number of benzene rings is 3. The van der Waals surface area contributed by atoms with Gasteiger partial charge in [0.1, 0.15) is 11.5 Å². The Labute approximate surface area is 140 Å². The Morgan fingerprint density at radius 2 is 1.17 bits per heavy atom. The molecular formula is C20H17NO3. The third-order valence-corrected chi connectivity index (χ3v) is 3.41. The van der Waals surface area contributed by atoms with Crippen LogP contribution in [0.1, 0.15) is 10.4 Å². The van der Waals surface area contributed by atoms with Crippen LogP contribution in [0.15, 0.2) is 84.9 Å². The Bertz CT molecular complexity index is 762. The fraction of sp³-hybridized carbons (Fsp3) is 0.0500. The van der Waals surface area contributed by atoms with Gasteiger partial charge in [-0.05, 0) is 36.4 Å². The molecule has 0 heterocycles. The van der Waals surface area contributed by atoms with Gasteiger partial charge in [0, 0.05) is 11.3 Å². The van der Waals surface area contributed by atoms with E-state index in [2.05, 4.69) is 0 Å². The summed E-state index contributed by atoms with van der Waals surface area (Å²) in [5.74, 6) is 0.753. The summed E-state index contributed by atoms with van der Waals surface area (Å²) in [6, 6.07) is 25.0. The number of rotatable bonds is 6. The molecule has 0 radical (unpaired) electrons. The van der Waals surface area contributed by atoms with E-state index in [1.165, 1.54) is 0 Å². The lowest BCUT2D eigenvalue weighted by Crippen LogP contribution is -2.34. The van der Waals surface area contributed by atoms with Crippen LogP contribution in [-0.2, 0) is 0 Å². The van der Waals surface area contributed by atoms with Crippen molar-refractivity contribution in [3.05, 3.63) is 90.5 Å². The van der Waals surface area contributed by atoms with Crippen LogP contribution in [0, 0.1) is 0 Å². The van der Waals surface area contributed by atoms with Crippen LogP contribution in [0.4, 0.5) is 5.69 Å². The average molecular weight is 319 g/mol.